The van der Waals surface area contributed by atoms with Crippen LogP contribution in [0.15, 0.2) is 65.6 Å². The molecule has 3 N–H and O–H groups in total. The summed E-state index contributed by atoms with van der Waals surface area (Å²) in [5.74, 6) is -0.227. The Bertz CT molecular complexity index is 713. The molecule has 1 aromatic carbocycles. The Kier molecular flexibility index (Phi) is 13.9. The van der Waals surface area contributed by atoms with Crippen LogP contribution in [0.5, 0.6) is 5.75 Å². The fraction of sp³-hybridized carbons (Fsp3) is 0.500. The zero-order valence-electron chi connectivity index (χ0n) is 19.6. The highest BCUT2D eigenvalue weighted by molar-refractivity contribution is 5.90. The number of carboxylic acids is 1. The standard InChI is InChI=1S/C21H27NO3.C5H13N/c1-16(15-25-20-11-7-4-8-12-20)13-18(21(23)24)14-17(2)22-19-9-5-3-6-10-19;1-3-4-5-6-2/h4,7-8,11-15,19,22H,3,5-6,9-10H2,1-2H3,(H,23,24);6H,3-5H2,1-2H3/b16-15+,17-14+,18-13+;. The van der Waals surface area contributed by atoms with Crippen molar-refractivity contribution in [3.8, 4) is 5.75 Å². The molecule has 1 aliphatic rings. The van der Waals surface area contributed by atoms with Crippen LogP contribution < -0.4 is 15.4 Å². The molecule has 0 unspecified atom stereocenters. The lowest BCUT2D eigenvalue weighted by Gasteiger charge is -2.24. The molecule has 5 nitrogen and oxygen atoms in total. The van der Waals surface area contributed by atoms with E-state index in [1.807, 2.05) is 51.2 Å². The molecule has 2 rings (SSSR count). The molecular formula is C26H40N2O3. The Morgan fingerprint density at radius 2 is 1.81 bits per heavy atom. The van der Waals surface area contributed by atoms with Gasteiger partial charge < -0.3 is 20.5 Å². The summed E-state index contributed by atoms with van der Waals surface area (Å²) in [6, 6.07) is 9.85. The van der Waals surface area contributed by atoms with E-state index in [4.69, 9.17) is 4.74 Å². The maximum Gasteiger partial charge on any atom is 0.335 e. The Hall–Kier alpha value is -2.53. The van der Waals surface area contributed by atoms with Gasteiger partial charge in [-0.25, -0.2) is 4.79 Å². The van der Waals surface area contributed by atoms with Gasteiger partial charge in [-0.3, -0.25) is 0 Å². The third kappa shape index (κ3) is 12.7. The van der Waals surface area contributed by atoms with Crippen molar-refractivity contribution in [1.82, 2.24) is 10.6 Å². The molecule has 0 saturated heterocycles. The van der Waals surface area contributed by atoms with E-state index >= 15 is 0 Å². The van der Waals surface area contributed by atoms with Gasteiger partial charge in [-0.15, -0.1) is 0 Å². The first-order valence-electron chi connectivity index (χ1n) is 11.4. The number of aliphatic carboxylic acids is 1. The molecule has 0 aromatic heterocycles. The molecule has 0 aliphatic heterocycles. The summed E-state index contributed by atoms with van der Waals surface area (Å²) in [6.07, 6.45) is 13.6. The highest BCUT2D eigenvalue weighted by atomic mass is 16.5. The average Bonchev–Trinajstić information content (AvgIpc) is 2.77. The lowest BCUT2D eigenvalue weighted by atomic mass is 9.95. The van der Waals surface area contributed by atoms with Gasteiger partial charge in [0.05, 0.1) is 11.8 Å². The second-order valence-corrected chi connectivity index (χ2v) is 7.96. The van der Waals surface area contributed by atoms with E-state index in [1.165, 1.54) is 32.1 Å². The Morgan fingerprint density at radius 1 is 1.13 bits per heavy atom. The number of ether oxygens (including phenoxy) is 1. The Labute approximate surface area is 188 Å². The summed E-state index contributed by atoms with van der Waals surface area (Å²) in [4.78, 5) is 11.5. The molecule has 1 fully saturated rings. The second kappa shape index (κ2) is 16.2. The van der Waals surface area contributed by atoms with E-state index in [1.54, 1.807) is 18.4 Å². The molecule has 1 aromatic rings. The van der Waals surface area contributed by atoms with E-state index in [9.17, 15) is 9.90 Å². The number of unbranched alkanes of at least 4 members (excludes halogenated alkanes) is 1. The zero-order valence-corrected chi connectivity index (χ0v) is 19.6. The third-order valence-corrected chi connectivity index (χ3v) is 4.94. The number of rotatable bonds is 10. The summed E-state index contributed by atoms with van der Waals surface area (Å²) in [7, 11) is 1.98. The number of allylic oxidation sites excluding steroid dienone is 3. The molecule has 0 bridgehead atoms. The topological polar surface area (TPSA) is 70.6 Å². The summed E-state index contributed by atoms with van der Waals surface area (Å²) in [5, 5.41) is 16.0. The molecule has 172 valence electrons. The zero-order chi connectivity index (χ0) is 22.9. The van der Waals surface area contributed by atoms with E-state index in [2.05, 4.69) is 17.6 Å². The van der Waals surface area contributed by atoms with Gasteiger partial charge in [-0.2, -0.15) is 0 Å². The molecule has 31 heavy (non-hydrogen) atoms. The summed E-state index contributed by atoms with van der Waals surface area (Å²) >= 11 is 0. The number of hydrogen-bond donors (Lipinski definition) is 3. The molecule has 0 spiro atoms. The van der Waals surface area contributed by atoms with Crippen molar-refractivity contribution in [2.75, 3.05) is 13.6 Å². The predicted molar refractivity (Wildman–Crippen MR) is 129 cm³/mol. The Balaban J connectivity index is 0.000000703. The first-order chi connectivity index (χ1) is 15.0. The third-order valence-electron chi connectivity index (χ3n) is 4.94. The van der Waals surface area contributed by atoms with Crippen LogP contribution in [0.1, 0.15) is 65.7 Å². The van der Waals surface area contributed by atoms with Crippen molar-refractivity contribution in [1.29, 1.82) is 0 Å². The Morgan fingerprint density at radius 3 is 2.35 bits per heavy atom. The SMILES string of the molecule is CC(=C\Oc1ccccc1)/C=C(\C=C(/C)NC1CCCCC1)C(=O)O.CCCCNC. The van der Waals surface area contributed by atoms with Crippen LogP contribution in [0.25, 0.3) is 0 Å². The smallest absolute Gasteiger partial charge is 0.335 e. The minimum Gasteiger partial charge on any atom is -0.478 e. The van der Waals surface area contributed by atoms with Crippen LogP contribution in [-0.4, -0.2) is 30.7 Å². The first kappa shape index (κ1) is 26.5. The van der Waals surface area contributed by atoms with Crippen molar-refractivity contribution in [3.63, 3.8) is 0 Å². The molecule has 1 aliphatic carbocycles. The van der Waals surface area contributed by atoms with E-state index in [-0.39, 0.29) is 5.57 Å². The van der Waals surface area contributed by atoms with Crippen LogP contribution in [0.4, 0.5) is 0 Å². The molecule has 0 atom stereocenters. The minimum atomic E-state index is -0.947. The number of benzene rings is 1. The van der Waals surface area contributed by atoms with E-state index in [0.29, 0.717) is 6.04 Å². The lowest BCUT2D eigenvalue weighted by Crippen LogP contribution is -2.29. The largest absolute Gasteiger partial charge is 0.478 e. The van der Waals surface area contributed by atoms with Gasteiger partial charge in [-0.05, 0) is 76.6 Å². The van der Waals surface area contributed by atoms with Gasteiger partial charge in [0.1, 0.15) is 5.75 Å². The van der Waals surface area contributed by atoms with Crippen molar-refractivity contribution in [2.24, 2.45) is 0 Å². The van der Waals surface area contributed by atoms with Crippen LogP contribution in [0, 0.1) is 0 Å². The molecule has 5 heteroatoms. The van der Waals surface area contributed by atoms with Crippen LogP contribution in [0.3, 0.4) is 0 Å². The fourth-order valence-corrected chi connectivity index (χ4v) is 3.30. The highest BCUT2D eigenvalue weighted by Crippen LogP contribution is 2.19. The normalized spacial score (nSPS) is 15.7. The van der Waals surface area contributed by atoms with Gasteiger partial charge in [-0.1, -0.05) is 50.8 Å². The molecular weight excluding hydrogens is 388 g/mol. The molecule has 0 heterocycles. The fourth-order valence-electron chi connectivity index (χ4n) is 3.30. The quantitative estimate of drug-likeness (QED) is 0.190. The number of carbonyl (C=O) groups is 1. The second-order valence-electron chi connectivity index (χ2n) is 7.96. The molecule has 1 saturated carbocycles. The van der Waals surface area contributed by atoms with E-state index < -0.39 is 5.97 Å². The van der Waals surface area contributed by atoms with Crippen molar-refractivity contribution in [2.45, 2.75) is 71.8 Å². The molecule has 0 amide bonds. The summed E-state index contributed by atoms with van der Waals surface area (Å²) in [5.41, 5.74) is 1.87. The number of para-hydroxylation sites is 1. The van der Waals surface area contributed by atoms with Crippen molar-refractivity contribution < 1.29 is 14.6 Å². The highest BCUT2D eigenvalue weighted by Gasteiger charge is 2.13. The van der Waals surface area contributed by atoms with Gasteiger partial charge in [0.2, 0.25) is 0 Å². The van der Waals surface area contributed by atoms with Crippen LogP contribution in [-0.2, 0) is 4.79 Å². The van der Waals surface area contributed by atoms with Crippen LogP contribution in [0.2, 0.25) is 0 Å². The number of carboxylic acid groups (broad SMARTS) is 1. The monoisotopic (exact) mass is 428 g/mol. The van der Waals surface area contributed by atoms with Crippen molar-refractivity contribution >= 4 is 5.97 Å². The van der Waals surface area contributed by atoms with Gasteiger partial charge in [0.15, 0.2) is 0 Å². The predicted octanol–water partition coefficient (Wildman–Crippen LogP) is 5.81. The van der Waals surface area contributed by atoms with Crippen LogP contribution >= 0.6 is 0 Å². The minimum absolute atomic E-state index is 0.242. The van der Waals surface area contributed by atoms with Crippen molar-refractivity contribution in [3.05, 3.63) is 65.6 Å². The number of hydrogen-bond acceptors (Lipinski definition) is 4. The number of nitrogens with one attached hydrogen (secondary N) is 2. The van der Waals surface area contributed by atoms with Gasteiger partial charge in [0.25, 0.3) is 0 Å². The summed E-state index contributed by atoms with van der Waals surface area (Å²) in [6.45, 7) is 7.10. The molecule has 0 radical (unpaired) electrons. The lowest BCUT2D eigenvalue weighted by molar-refractivity contribution is -0.132. The first-order valence-corrected chi connectivity index (χ1v) is 11.4. The van der Waals surface area contributed by atoms with E-state index in [0.717, 1.165) is 36.4 Å². The summed E-state index contributed by atoms with van der Waals surface area (Å²) < 4.78 is 5.54. The van der Waals surface area contributed by atoms with Gasteiger partial charge in [0, 0.05) is 11.7 Å². The van der Waals surface area contributed by atoms with Gasteiger partial charge >= 0.3 is 5.97 Å². The average molecular weight is 429 g/mol. The maximum absolute atomic E-state index is 11.5. The maximum atomic E-state index is 11.5.